The smallest absolute Gasteiger partial charge is 0.218 e. The van der Waals surface area contributed by atoms with E-state index >= 15 is 0 Å². The fourth-order valence-electron chi connectivity index (χ4n) is 1.68. The normalized spacial score (nSPS) is 11.2. The van der Waals surface area contributed by atoms with Crippen molar-refractivity contribution in [2.75, 3.05) is 18.5 Å². The second-order valence-electron chi connectivity index (χ2n) is 5.92. The number of nitrogens with one attached hydrogen (secondary N) is 1. The quantitative estimate of drug-likeness (QED) is 0.687. The average molecular weight is 279 g/mol. The van der Waals surface area contributed by atoms with E-state index in [1.165, 1.54) is 0 Å². The van der Waals surface area contributed by atoms with Crippen molar-refractivity contribution in [3.63, 3.8) is 0 Å². The lowest BCUT2D eigenvalue weighted by Crippen LogP contribution is -2.10. The van der Waals surface area contributed by atoms with E-state index in [9.17, 15) is 0 Å². The SMILES string of the molecule is CCCCOc1cc(NCCC(C)C)nc(C(C)C)n1. The van der Waals surface area contributed by atoms with E-state index in [-0.39, 0.29) is 0 Å². The van der Waals surface area contributed by atoms with Crippen molar-refractivity contribution >= 4 is 5.82 Å². The predicted molar refractivity (Wildman–Crippen MR) is 84.5 cm³/mol. The number of nitrogens with zero attached hydrogens (tertiary/aromatic N) is 2. The molecule has 20 heavy (non-hydrogen) atoms. The number of hydrogen-bond acceptors (Lipinski definition) is 4. The minimum Gasteiger partial charge on any atom is -0.478 e. The topological polar surface area (TPSA) is 47.0 Å². The number of unbranched alkanes of at least 4 members (excludes halogenated alkanes) is 1. The van der Waals surface area contributed by atoms with Crippen LogP contribution in [0.4, 0.5) is 5.82 Å². The van der Waals surface area contributed by atoms with Gasteiger partial charge >= 0.3 is 0 Å². The molecule has 114 valence electrons. The van der Waals surface area contributed by atoms with E-state index in [0.29, 0.717) is 17.7 Å². The first-order valence-electron chi connectivity index (χ1n) is 7.78. The molecular formula is C16H29N3O. The van der Waals surface area contributed by atoms with Crippen molar-refractivity contribution < 1.29 is 4.74 Å². The molecule has 0 aliphatic heterocycles. The van der Waals surface area contributed by atoms with Crippen molar-refractivity contribution in [3.05, 3.63) is 11.9 Å². The molecule has 4 heteroatoms. The minimum absolute atomic E-state index is 0.301. The van der Waals surface area contributed by atoms with Gasteiger partial charge in [-0.25, -0.2) is 4.98 Å². The van der Waals surface area contributed by atoms with Crippen LogP contribution < -0.4 is 10.1 Å². The lowest BCUT2D eigenvalue weighted by Gasteiger charge is -2.13. The molecule has 0 spiro atoms. The number of rotatable bonds is 9. The first-order valence-corrected chi connectivity index (χ1v) is 7.78. The van der Waals surface area contributed by atoms with Gasteiger partial charge in [0.05, 0.1) is 6.61 Å². The van der Waals surface area contributed by atoms with Crippen molar-refractivity contribution in [2.24, 2.45) is 5.92 Å². The van der Waals surface area contributed by atoms with Crippen LogP contribution in [-0.4, -0.2) is 23.1 Å². The minimum atomic E-state index is 0.301. The molecule has 0 radical (unpaired) electrons. The Morgan fingerprint density at radius 1 is 1.20 bits per heavy atom. The van der Waals surface area contributed by atoms with Gasteiger partial charge in [0.15, 0.2) is 0 Å². The van der Waals surface area contributed by atoms with Crippen molar-refractivity contribution in [3.8, 4) is 5.88 Å². The number of hydrogen-bond donors (Lipinski definition) is 1. The molecule has 4 nitrogen and oxygen atoms in total. The molecule has 0 bridgehead atoms. The van der Waals surface area contributed by atoms with E-state index in [0.717, 1.165) is 44.1 Å². The highest BCUT2D eigenvalue weighted by atomic mass is 16.5. The zero-order valence-electron chi connectivity index (χ0n) is 13.6. The van der Waals surface area contributed by atoms with Crippen LogP contribution in [0.5, 0.6) is 5.88 Å². The molecule has 0 unspecified atom stereocenters. The number of aromatic nitrogens is 2. The molecule has 0 saturated heterocycles. The second-order valence-corrected chi connectivity index (χ2v) is 5.92. The summed E-state index contributed by atoms with van der Waals surface area (Å²) >= 11 is 0. The van der Waals surface area contributed by atoms with Gasteiger partial charge in [-0.1, -0.05) is 41.0 Å². The molecule has 0 fully saturated rings. The fraction of sp³-hybridized carbons (Fsp3) is 0.750. The summed E-state index contributed by atoms with van der Waals surface area (Å²) in [5.41, 5.74) is 0. The zero-order chi connectivity index (χ0) is 15.0. The van der Waals surface area contributed by atoms with Gasteiger partial charge in [-0.2, -0.15) is 4.98 Å². The Bertz CT molecular complexity index is 391. The van der Waals surface area contributed by atoms with Crippen LogP contribution in [0.2, 0.25) is 0 Å². The molecule has 0 aliphatic carbocycles. The summed E-state index contributed by atoms with van der Waals surface area (Å²) in [6.07, 6.45) is 3.31. The summed E-state index contributed by atoms with van der Waals surface area (Å²) < 4.78 is 5.71. The molecule has 1 heterocycles. The molecule has 1 aromatic rings. The Labute approximate surface area is 123 Å². The van der Waals surface area contributed by atoms with Gasteiger partial charge in [0, 0.05) is 18.5 Å². The van der Waals surface area contributed by atoms with Crippen LogP contribution >= 0.6 is 0 Å². The summed E-state index contributed by atoms with van der Waals surface area (Å²) in [5, 5.41) is 3.37. The highest BCUT2D eigenvalue weighted by Crippen LogP contribution is 2.19. The maximum absolute atomic E-state index is 5.71. The summed E-state index contributed by atoms with van der Waals surface area (Å²) in [5.74, 6) is 3.38. The lowest BCUT2D eigenvalue weighted by atomic mass is 10.1. The van der Waals surface area contributed by atoms with Crippen molar-refractivity contribution in [1.29, 1.82) is 0 Å². The van der Waals surface area contributed by atoms with Crippen LogP contribution in [0.3, 0.4) is 0 Å². The van der Waals surface area contributed by atoms with Crippen molar-refractivity contribution in [1.82, 2.24) is 9.97 Å². The molecule has 0 aliphatic rings. The summed E-state index contributed by atoms with van der Waals surface area (Å²) in [7, 11) is 0. The second kappa shape index (κ2) is 8.77. The first kappa shape index (κ1) is 16.7. The van der Waals surface area contributed by atoms with Crippen LogP contribution in [0.1, 0.15) is 65.6 Å². The summed E-state index contributed by atoms with van der Waals surface area (Å²) in [6, 6.07) is 1.90. The zero-order valence-corrected chi connectivity index (χ0v) is 13.6. The summed E-state index contributed by atoms with van der Waals surface area (Å²) in [6.45, 7) is 12.5. The molecular weight excluding hydrogens is 250 g/mol. The maximum Gasteiger partial charge on any atom is 0.218 e. The van der Waals surface area contributed by atoms with Crippen molar-refractivity contribution in [2.45, 2.75) is 59.8 Å². The molecule has 1 aromatic heterocycles. The van der Waals surface area contributed by atoms with Crippen LogP contribution in [0, 0.1) is 5.92 Å². The first-order chi connectivity index (χ1) is 9.52. The molecule has 0 aromatic carbocycles. The van der Waals surface area contributed by atoms with E-state index in [2.05, 4.69) is 49.9 Å². The third-order valence-corrected chi connectivity index (χ3v) is 3.01. The van der Waals surface area contributed by atoms with E-state index in [4.69, 9.17) is 4.74 Å². The number of ether oxygens (including phenoxy) is 1. The lowest BCUT2D eigenvalue weighted by molar-refractivity contribution is 0.296. The van der Waals surface area contributed by atoms with Gasteiger partial charge in [-0.15, -0.1) is 0 Å². The fourth-order valence-corrected chi connectivity index (χ4v) is 1.68. The monoisotopic (exact) mass is 279 g/mol. The van der Waals surface area contributed by atoms with Gasteiger partial charge in [-0.05, 0) is 18.8 Å². The third kappa shape index (κ3) is 6.22. The molecule has 0 saturated carbocycles. The van der Waals surface area contributed by atoms with Gasteiger partial charge < -0.3 is 10.1 Å². The number of anilines is 1. The summed E-state index contributed by atoms with van der Waals surface area (Å²) in [4.78, 5) is 9.03. The van der Waals surface area contributed by atoms with Crippen LogP contribution in [0.15, 0.2) is 6.07 Å². The largest absolute Gasteiger partial charge is 0.478 e. The van der Waals surface area contributed by atoms with Crippen LogP contribution in [0.25, 0.3) is 0 Å². The molecule has 0 amide bonds. The standard InChI is InChI=1S/C16H29N3O/c1-6-7-10-20-15-11-14(17-9-8-12(2)3)18-16(19-15)13(4)5/h11-13H,6-10H2,1-5H3,(H,17,18,19). The van der Waals surface area contributed by atoms with Gasteiger partial charge in [0.2, 0.25) is 5.88 Å². The Morgan fingerprint density at radius 2 is 1.95 bits per heavy atom. The van der Waals surface area contributed by atoms with Gasteiger partial charge in [0.1, 0.15) is 11.6 Å². The average Bonchev–Trinajstić information content (AvgIpc) is 2.38. The van der Waals surface area contributed by atoms with Crippen LogP contribution in [-0.2, 0) is 0 Å². The highest BCUT2D eigenvalue weighted by molar-refractivity contribution is 5.38. The Balaban J connectivity index is 2.71. The molecule has 1 N–H and O–H groups in total. The Hall–Kier alpha value is -1.32. The Morgan fingerprint density at radius 3 is 2.55 bits per heavy atom. The Kier molecular flexibility index (Phi) is 7.34. The predicted octanol–water partition coefficient (Wildman–Crippen LogP) is 4.24. The maximum atomic E-state index is 5.71. The molecule has 1 rings (SSSR count). The van der Waals surface area contributed by atoms with E-state index < -0.39 is 0 Å². The highest BCUT2D eigenvalue weighted by Gasteiger charge is 2.09. The third-order valence-electron chi connectivity index (χ3n) is 3.01. The van der Waals surface area contributed by atoms with Gasteiger partial charge in [0.25, 0.3) is 0 Å². The van der Waals surface area contributed by atoms with E-state index in [1.807, 2.05) is 6.07 Å². The van der Waals surface area contributed by atoms with Gasteiger partial charge in [-0.3, -0.25) is 0 Å². The molecule has 0 atom stereocenters. The van der Waals surface area contributed by atoms with E-state index in [1.54, 1.807) is 0 Å².